The number of aromatic nitrogens is 2. The van der Waals surface area contributed by atoms with E-state index in [-0.39, 0.29) is 12.2 Å². The Kier molecular flexibility index (Phi) is 6.67. The van der Waals surface area contributed by atoms with Gasteiger partial charge in [0.25, 0.3) is 5.91 Å². The molecule has 3 aromatic carbocycles. The van der Waals surface area contributed by atoms with Crippen LogP contribution >= 0.6 is 0 Å². The van der Waals surface area contributed by atoms with E-state index in [1.807, 2.05) is 60.7 Å². The van der Waals surface area contributed by atoms with Gasteiger partial charge in [-0.05, 0) is 48.7 Å². The molecule has 3 amide bonds. The minimum Gasteiger partial charge on any atom is -0.506 e. The van der Waals surface area contributed by atoms with Gasteiger partial charge in [-0.2, -0.15) is 0 Å². The Hall–Kier alpha value is -4.92. The highest BCUT2D eigenvalue weighted by Gasteiger charge is 2.26. The van der Waals surface area contributed by atoms with Gasteiger partial charge in [-0.1, -0.05) is 47.6 Å². The average molecular weight is 496 g/mol. The Morgan fingerprint density at radius 1 is 0.919 bits per heavy atom. The number of aromatic hydroxyl groups is 1. The summed E-state index contributed by atoms with van der Waals surface area (Å²) in [5, 5.41) is 28.3. The van der Waals surface area contributed by atoms with Crippen LogP contribution in [0, 0.1) is 0 Å². The van der Waals surface area contributed by atoms with Gasteiger partial charge in [-0.15, -0.1) is 5.11 Å². The van der Waals surface area contributed by atoms with Crippen LogP contribution in [-0.2, 0) is 11.2 Å². The molecule has 4 N–H and O–H groups in total. The number of nitrogens with zero attached hydrogens (tertiary/aromatic N) is 2. The summed E-state index contributed by atoms with van der Waals surface area (Å²) in [4.78, 5) is 24.5. The molecule has 0 saturated carbocycles. The number of H-pyrrole nitrogens is 2. The third-order valence-corrected chi connectivity index (χ3v) is 6.19. The lowest BCUT2D eigenvalue weighted by molar-refractivity contribution is -0.118. The van der Waals surface area contributed by atoms with Crippen molar-refractivity contribution in [3.63, 3.8) is 0 Å². The van der Waals surface area contributed by atoms with Gasteiger partial charge in [0.05, 0.1) is 35.1 Å². The summed E-state index contributed by atoms with van der Waals surface area (Å²) in [6.45, 7) is 0. The van der Waals surface area contributed by atoms with Gasteiger partial charge in [-0.3, -0.25) is 15.0 Å². The largest absolute Gasteiger partial charge is 0.506 e. The minimum absolute atomic E-state index is 0.0122. The molecule has 0 bridgehead atoms. The number of hydrogen-bond acceptors (Lipinski definition) is 4. The van der Waals surface area contributed by atoms with Crippen molar-refractivity contribution in [1.82, 2.24) is 10.2 Å². The van der Waals surface area contributed by atoms with Crippen molar-refractivity contribution in [1.29, 1.82) is 0 Å². The highest BCUT2D eigenvalue weighted by molar-refractivity contribution is 6.16. The molecule has 2 aliphatic rings. The quantitative estimate of drug-likeness (QED) is 0.191. The van der Waals surface area contributed by atoms with E-state index in [0.29, 0.717) is 34.4 Å². The first kappa shape index (κ1) is 23.8. The normalized spacial score (nSPS) is 11.4. The molecule has 1 heterocycles. The third-order valence-electron chi connectivity index (χ3n) is 6.19. The summed E-state index contributed by atoms with van der Waals surface area (Å²) in [5.41, 5.74) is 4.34. The van der Waals surface area contributed by atoms with E-state index < -0.39 is 11.9 Å². The lowest BCUT2D eigenvalue weighted by Crippen LogP contribution is -2.06. The number of anilines is 1. The molecule has 0 fully saturated rings. The van der Waals surface area contributed by atoms with Gasteiger partial charge in [0.2, 0.25) is 0 Å². The molecule has 0 radical (unpaired) electrons. The fourth-order valence-corrected chi connectivity index (χ4v) is 4.41. The first-order valence-electron chi connectivity index (χ1n) is 11.8. The highest BCUT2D eigenvalue weighted by atomic mass is 16.5. The predicted octanol–water partition coefficient (Wildman–Crippen LogP) is 6.52. The van der Waals surface area contributed by atoms with Crippen LogP contribution < -0.4 is 10.1 Å². The molecular formula is C28H25N5O4. The van der Waals surface area contributed by atoms with E-state index in [4.69, 9.17) is 4.74 Å². The molecule has 1 aliphatic carbocycles. The van der Waals surface area contributed by atoms with E-state index in [1.165, 1.54) is 0 Å². The average Bonchev–Trinajstić information content (AvgIpc) is 3.48. The van der Waals surface area contributed by atoms with Crippen molar-refractivity contribution in [2.75, 3.05) is 12.4 Å². The smallest absolute Gasteiger partial charge is 0.364 e. The van der Waals surface area contributed by atoms with Crippen LogP contribution in [0.25, 0.3) is 33.3 Å². The molecule has 0 aromatic heterocycles. The van der Waals surface area contributed by atoms with Crippen molar-refractivity contribution in [2.24, 2.45) is 10.2 Å². The van der Waals surface area contributed by atoms with Crippen molar-refractivity contribution < 1.29 is 19.4 Å². The Labute approximate surface area is 212 Å². The van der Waals surface area contributed by atoms with Crippen LogP contribution in [0.15, 0.2) is 83.0 Å². The fraction of sp³-hybridized carbons (Fsp3) is 0.143. The van der Waals surface area contributed by atoms with Gasteiger partial charge in [0.1, 0.15) is 11.5 Å². The summed E-state index contributed by atoms with van der Waals surface area (Å²) < 4.78 is 5.23. The number of rotatable bonds is 7. The second-order valence-corrected chi connectivity index (χ2v) is 8.54. The van der Waals surface area contributed by atoms with E-state index >= 15 is 0 Å². The standard InChI is InChI=1S/C28H25N5O4/c1-37-19-15-13-18(14-16-19)25-24-26(32-31-25)20-10-6-11-21(23(20)27(24)35)29-28(36)33-30-22(34)12-5-9-17-7-3-2-4-8-17/h2-4,6-8,10-11,13-16,31-32,35H,5,9,12H2,1H3,(H,29,36). The van der Waals surface area contributed by atoms with Gasteiger partial charge in [0.15, 0.2) is 0 Å². The summed E-state index contributed by atoms with van der Waals surface area (Å²) in [7, 11) is 1.60. The number of carbonyl (C=O) groups is 2. The van der Waals surface area contributed by atoms with Gasteiger partial charge in [0, 0.05) is 17.4 Å². The second-order valence-electron chi connectivity index (χ2n) is 8.54. The number of nitrogens with one attached hydrogen (secondary N) is 3. The number of methoxy groups -OCH3 is 1. The van der Waals surface area contributed by atoms with Crippen LogP contribution in [0.3, 0.4) is 0 Å². The first-order valence-corrected chi connectivity index (χ1v) is 11.8. The Balaban J connectivity index is 1.32. The Bertz CT molecular complexity index is 1550. The maximum Gasteiger partial charge on any atom is 0.364 e. The van der Waals surface area contributed by atoms with Crippen LogP contribution in [0.1, 0.15) is 18.4 Å². The summed E-state index contributed by atoms with van der Waals surface area (Å²) >= 11 is 0. The summed E-state index contributed by atoms with van der Waals surface area (Å²) in [5.74, 6) is 0.271. The number of hydrogen-bond donors (Lipinski definition) is 4. The van der Waals surface area contributed by atoms with Crippen molar-refractivity contribution in [3.8, 4) is 34.0 Å². The van der Waals surface area contributed by atoms with E-state index in [9.17, 15) is 14.7 Å². The molecule has 9 nitrogen and oxygen atoms in total. The van der Waals surface area contributed by atoms with Crippen molar-refractivity contribution >= 4 is 28.4 Å². The second kappa shape index (κ2) is 10.4. The fourth-order valence-electron chi connectivity index (χ4n) is 4.41. The Morgan fingerprint density at radius 2 is 1.68 bits per heavy atom. The SMILES string of the molecule is COc1ccc(-c2[nH][nH]c3c4cccc(NC(=O)N=NC(=O)CCCc5ccccc5)c4c(O)c2-3)cc1. The number of aromatic amines is 2. The van der Waals surface area contributed by atoms with Crippen LogP contribution in [0.4, 0.5) is 10.5 Å². The topological polar surface area (TPSA) is 132 Å². The first-order chi connectivity index (χ1) is 18.0. The molecule has 0 unspecified atom stereocenters. The third kappa shape index (κ3) is 4.92. The number of azo groups is 1. The van der Waals surface area contributed by atoms with Crippen LogP contribution in [0.2, 0.25) is 0 Å². The molecular weight excluding hydrogens is 470 g/mol. The predicted molar refractivity (Wildman–Crippen MR) is 141 cm³/mol. The van der Waals surface area contributed by atoms with Crippen LogP contribution in [0.5, 0.6) is 11.5 Å². The molecule has 0 saturated heterocycles. The molecule has 37 heavy (non-hydrogen) atoms. The van der Waals surface area contributed by atoms with E-state index in [2.05, 4.69) is 25.7 Å². The number of carbonyl (C=O) groups excluding carboxylic acids is 2. The lowest BCUT2D eigenvalue weighted by Gasteiger charge is -2.05. The van der Waals surface area contributed by atoms with E-state index in [0.717, 1.165) is 28.7 Å². The number of urea groups is 1. The number of benzene rings is 3. The Morgan fingerprint density at radius 3 is 2.43 bits per heavy atom. The van der Waals surface area contributed by atoms with Crippen molar-refractivity contribution in [2.45, 2.75) is 19.3 Å². The van der Waals surface area contributed by atoms with E-state index in [1.54, 1.807) is 19.2 Å². The van der Waals surface area contributed by atoms with Crippen molar-refractivity contribution in [3.05, 3.63) is 78.4 Å². The molecule has 5 rings (SSSR count). The summed E-state index contributed by atoms with van der Waals surface area (Å²) in [6, 6.07) is 21.7. The summed E-state index contributed by atoms with van der Waals surface area (Å²) in [6.07, 6.45) is 1.56. The minimum atomic E-state index is -0.796. The lowest BCUT2D eigenvalue weighted by atomic mass is 10.1. The zero-order valence-corrected chi connectivity index (χ0v) is 20.1. The number of aryl methyl sites for hydroxylation is 1. The maximum absolute atomic E-state index is 12.4. The zero-order valence-electron chi connectivity index (χ0n) is 20.1. The molecule has 0 spiro atoms. The van der Waals surface area contributed by atoms with Gasteiger partial charge in [-0.25, -0.2) is 4.79 Å². The number of ether oxygens (including phenoxy) is 1. The maximum atomic E-state index is 12.4. The highest BCUT2D eigenvalue weighted by Crippen LogP contribution is 2.49. The molecule has 0 atom stereocenters. The zero-order chi connectivity index (χ0) is 25.8. The van der Waals surface area contributed by atoms with Gasteiger partial charge < -0.3 is 15.2 Å². The molecule has 9 heteroatoms. The molecule has 3 aromatic rings. The number of amides is 3. The van der Waals surface area contributed by atoms with Gasteiger partial charge >= 0.3 is 6.03 Å². The number of fused-ring (bicyclic) bond motifs is 3. The monoisotopic (exact) mass is 495 g/mol. The molecule has 186 valence electrons. The van der Waals surface area contributed by atoms with Crippen LogP contribution in [-0.4, -0.2) is 34.4 Å². The molecule has 1 aliphatic heterocycles.